The molecule has 2 rings (SSSR count). The van der Waals surface area contributed by atoms with E-state index in [1.165, 1.54) is 0 Å². The third kappa shape index (κ3) is 1.22. The van der Waals surface area contributed by atoms with Gasteiger partial charge in [0.1, 0.15) is 0 Å². The highest BCUT2D eigenvalue weighted by Gasteiger charge is 2.49. The molecule has 0 radical (unpaired) electrons. The van der Waals surface area contributed by atoms with Crippen molar-refractivity contribution in [2.75, 3.05) is 6.61 Å². The summed E-state index contributed by atoms with van der Waals surface area (Å²) in [7, 11) is 0. The molecule has 0 aromatic carbocycles. The second-order valence-electron chi connectivity index (χ2n) is 4.03. The zero-order chi connectivity index (χ0) is 8.60. The van der Waals surface area contributed by atoms with Crippen molar-refractivity contribution in [1.29, 1.82) is 0 Å². The van der Waals surface area contributed by atoms with Gasteiger partial charge >= 0.3 is 0 Å². The number of nitrogens with one attached hydrogen (secondary N) is 1. The molecule has 12 heavy (non-hydrogen) atoms. The van der Waals surface area contributed by atoms with Gasteiger partial charge in [0, 0.05) is 17.9 Å². The predicted molar refractivity (Wildman–Crippen MR) is 44.5 cm³/mol. The van der Waals surface area contributed by atoms with Crippen molar-refractivity contribution in [3.05, 3.63) is 0 Å². The first-order valence-electron chi connectivity index (χ1n) is 4.67. The molecule has 2 aliphatic rings. The first-order valence-corrected chi connectivity index (χ1v) is 4.67. The van der Waals surface area contributed by atoms with Gasteiger partial charge in [-0.3, -0.25) is 4.79 Å². The Morgan fingerprint density at radius 1 is 1.58 bits per heavy atom. The van der Waals surface area contributed by atoms with Crippen LogP contribution in [0.4, 0.5) is 0 Å². The zero-order valence-electron chi connectivity index (χ0n) is 7.18. The standard InChI is InChI=1S/C9H15NO2/c11-6-9(4-5-9)7-2-1-3-8(12)10-7/h7,11H,1-6H2,(H,10,12). The summed E-state index contributed by atoms with van der Waals surface area (Å²) in [5.74, 6) is 0.158. The molecule has 0 aromatic rings. The molecular weight excluding hydrogens is 154 g/mol. The lowest BCUT2D eigenvalue weighted by molar-refractivity contribution is -0.124. The number of aliphatic hydroxyl groups is 1. The largest absolute Gasteiger partial charge is 0.396 e. The molecular formula is C9H15NO2. The van der Waals surface area contributed by atoms with Crippen LogP contribution in [0.3, 0.4) is 0 Å². The van der Waals surface area contributed by atoms with Crippen LogP contribution in [0.1, 0.15) is 32.1 Å². The lowest BCUT2D eigenvalue weighted by atomic mass is 9.90. The van der Waals surface area contributed by atoms with Crippen LogP contribution in [0.25, 0.3) is 0 Å². The first-order chi connectivity index (χ1) is 5.77. The van der Waals surface area contributed by atoms with Crippen LogP contribution in [0, 0.1) is 5.41 Å². The fourth-order valence-electron chi connectivity index (χ4n) is 2.04. The minimum Gasteiger partial charge on any atom is -0.396 e. The third-order valence-corrected chi connectivity index (χ3v) is 3.18. The van der Waals surface area contributed by atoms with Gasteiger partial charge in [-0.15, -0.1) is 0 Å². The zero-order valence-corrected chi connectivity index (χ0v) is 7.18. The number of carbonyl (C=O) groups is 1. The Kier molecular flexibility index (Phi) is 1.83. The van der Waals surface area contributed by atoms with Gasteiger partial charge in [-0.2, -0.15) is 0 Å². The molecule has 1 heterocycles. The number of carbonyl (C=O) groups excluding carboxylic acids is 1. The van der Waals surface area contributed by atoms with E-state index in [0.29, 0.717) is 6.42 Å². The second-order valence-corrected chi connectivity index (χ2v) is 4.03. The highest BCUT2D eigenvalue weighted by atomic mass is 16.3. The minimum atomic E-state index is 0.0656. The lowest BCUT2D eigenvalue weighted by Gasteiger charge is -2.29. The SMILES string of the molecule is O=C1CCCC(C2(CO)CC2)N1. The Morgan fingerprint density at radius 2 is 2.33 bits per heavy atom. The maximum absolute atomic E-state index is 11.1. The summed E-state index contributed by atoms with van der Waals surface area (Å²) in [5, 5.41) is 12.1. The van der Waals surface area contributed by atoms with Crippen LogP contribution in [-0.4, -0.2) is 23.7 Å². The van der Waals surface area contributed by atoms with Crippen LogP contribution >= 0.6 is 0 Å². The molecule has 2 fully saturated rings. The van der Waals surface area contributed by atoms with Crippen LogP contribution < -0.4 is 5.32 Å². The Hall–Kier alpha value is -0.570. The van der Waals surface area contributed by atoms with E-state index >= 15 is 0 Å². The molecule has 0 bridgehead atoms. The average Bonchev–Trinajstić information content (AvgIpc) is 2.84. The summed E-state index contributed by atoms with van der Waals surface area (Å²) >= 11 is 0. The average molecular weight is 169 g/mol. The Morgan fingerprint density at radius 3 is 2.83 bits per heavy atom. The normalized spacial score (nSPS) is 32.8. The number of piperidine rings is 1. The molecule has 0 aromatic heterocycles. The van der Waals surface area contributed by atoms with Gasteiger partial charge in [-0.05, 0) is 25.7 Å². The Balaban J connectivity index is 1.99. The number of rotatable bonds is 2. The summed E-state index contributed by atoms with van der Waals surface area (Å²) in [5.41, 5.74) is 0.0656. The van der Waals surface area contributed by atoms with Gasteiger partial charge in [0.05, 0.1) is 6.61 Å². The summed E-state index contributed by atoms with van der Waals surface area (Å²) in [6, 6.07) is 0.253. The molecule has 0 spiro atoms. The van der Waals surface area contributed by atoms with Crippen LogP contribution in [0.5, 0.6) is 0 Å². The van der Waals surface area contributed by atoms with Gasteiger partial charge < -0.3 is 10.4 Å². The van der Waals surface area contributed by atoms with E-state index in [0.717, 1.165) is 25.7 Å². The lowest BCUT2D eigenvalue weighted by Crippen LogP contribution is -2.45. The van der Waals surface area contributed by atoms with E-state index in [1.54, 1.807) is 0 Å². The number of aliphatic hydroxyl groups excluding tert-OH is 1. The molecule has 68 valence electrons. The fourth-order valence-corrected chi connectivity index (χ4v) is 2.04. The fraction of sp³-hybridized carbons (Fsp3) is 0.889. The molecule has 3 nitrogen and oxygen atoms in total. The molecule has 3 heteroatoms. The van der Waals surface area contributed by atoms with Crippen molar-refractivity contribution >= 4 is 5.91 Å². The second kappa shape index (κ2) is 2.73. The molecule has 1 aliphatic heterocycles. The van der Waals surface area contributed by atoms with Crippen molar-refractivity contribution < 1.29 is 9.90 Å². The van der Waals surface area contributed by atoms with Crippen molar-refractivity contribution in [3.8, 4) is 0 Å². The quantitative estimate of drug-likeness (QED) is 0.629. The minimum absolute atomic E-state index is 0.0656. The highest BCUT2D eigenvalue weighted by molar-refractivity contribution is 5.77. The summed E-state index contributed by atoms with van der Waals surface area (Å²) in [6.07, 6.45) is 4.85. The summed E-state index contributed by atoms with van der Waals surface area (Å²) < 4.78 is 0. The van der Waals surface area contributed by atoms with Crippen molar-refractivity contribution in [2.24, 2.45) is 5.41 Å². The van der Waals surface area contributed by atoms with Crippen molar-refractivity contribution in [1.82, 2.24) is 5.32 Å². The highest BCUT2D eigenvalue weighted by Crippen LogP contribution is 2.50. The van der Waals surface area contributed by atoms with Crippen LogP contribution in [0.15, 0.2) is 0 Å². The van der Waals surface area contributed by atoms with E-state index in [-0.39, 0.29) is 24.0 Å². The number of hydrogen-bond donors (Lipinski definition) is 2. The van der Waals surface area contributed by atoms with E-state index in [9.17, 15) is 4.79 Å². The van der Waals surface area contributed by atoms with Crippen molar-refractivity contribution in [3.63, 3.8) is 0 Å². The summed E-state index contributed by atoms with van der Waals surface area (Å²) in [6.45, 7) is 0.234. The maximum atomic E-state index is 11.1. The third-order valence-electron chi connectivity index (χ3n) is 3.18. The molecule has 1 saturated carbocycles. The van der Waals surface area contributed by atoms with E-state index in [2.05, 4.69) is 5.32 Å². The van der Waals surface area contributed by atoms with Crippen LogP contribution in [-0.2, 0) is 4.79 Å². The van der Waals surface area contributed by atoms with E-state index < -0.39 is 0 Å². The van der Waals surface area contributed by atoms with Gasteiger partial charge in [0.15, 0.2) is 0 Å². The Labute approximate surface area is 72.2 Å². The molecule has 1 aliphatic carbocycles. The van der Waals surface area contributed by atoms with Gasteiger partial charge in [-0.1, -0.05) is 0 Å². The maximum Gasteiger partial charge on any atom is 0.220 e. The van der Waals surface area contributed by atoms with Gasteiger partial charge in [0.2, 0.25) is 5.91 Å². The number of hydrogen-bond acceptors (Lipinski definition) is 2. The monoisotopic (exact) mass is 169 g/mol. The topological polar surface area (TPSA) is 49.3 Å². The molecule has 1 saturated heterocycles. The van der Waals surface area contributed by atoms with E-state index in [1.807, 2.05) is 0 Å². The predicted octanol–water partition coefficient (Wildman–Crippen LogP) is 0.428. The Bertz CT molecular complexity index is 199. The van der Waals surface area contributed by atoms with Crippen LogP contribution in [0.2, 0.25) is 0 Å². The molecule has 1 unspecified atom stereocenters. The molecule has 1 atom stereocenters. The van der Waals surface area contributed by atoms with Crippen molar-refractivity contribution in [2.45, 2.75) is 38.1 Å². The number of amides is 1. The smallest absolute Gasteiger partial charge is 0.220 e. The first kappa shape index (κ1) is 8.05. The summed E-state index contributed by atoms with van der Waals surface area (Å²) in [4.78, 5) is 11.1. The molecule has 2 N–H and O–H groups in total. The van der Waals surface area contributed by atoms with E-state index in [4.69, 9.17) is 5.11 Å². The van der Waals surface area contributed by atoms with Gasteiger partial charge in [-0.25, -0.2) is 0 Å². The molecule has 1 amide bonds. The van der Waals surface area contributed by atoms with Gasteiger partial charge in [0.25, 0.3) is 0 Å².